The molecule has 0 amide bonds. The zero-order valence-electron chi connectivity index (χ0n) is 13.1. The lowest BCUT2D eigenvalue weighted by Crippen LogP contribution is -1.91. The molecule has 2 heterocycles. The van der Waals surface area contributed by atoms with E-state index in [9.17, 15) is 0 Å². The zero-order chi connectivity index (χ0) is 16.4. The number of aromatic amines is 1. The summed E-state index contributed by atoms with van der Waals surface area (Å²) in [4.78, 5) is 12.4. The van der Waals surface area contributed by atoms with E-state index in [2.05, 4.69) is 33.2 Å². The number of pyridine rings is 1. The molecule has 118 valence electrons. The number of hydrogen-bond donors (Lipinski definition) is 2. The number of aliphatic hydroxyl groups is 1. The molecule has 4 heteroatoms. The number of H-pyrrole nitrogens is 1. The third kappa shape index (κ3) is 2.79. The fourth-order valence-electron chi connectivity index (χ4n) is 2.83. The monoisotopic (exact) mass is 315 g/mol. The van der Waals surface area contributed by atoms with E-state index >= 15 is 0 Å². The molecule has 0 saturated carbocycles. The topological polar surface area (TPSA) is 61.8 Å². The van der Waals surface area contributed by atoms with Crippen LogP contribution in [-0.4, -0.2) is 26.7 Å². The van der Waals surface area contributed by atoms with E-state index in [0.29, 0.717) is 12.1 Å². The predicted octanol–water partition coefficient (Wildman–Crippen LogP) is 3.83. The van der Waals surface area contributed by atoms with Crippen LogP contribution in [0, 0.1) is 0 Å². The Morgan fingerprint density at radius 2 is 1.71 bits per heavy atom. The molecule has 4 aromatic rings. The Bertz CT molecular complexity index is 977. The van der Waals surface area contributed by atoms with Gasteiger partial charge in [0.15, 0.2) is 5.65 Å². The molecule has 0 radical (unpaired) electrons. The first-order chi connectivity index (χ1) is 11.8. The van der Waals surface area contributed by atoms with Crippen LogP contribution < -0.4 is 0 Å². The first kappa shape index (κ1) is 14.6. The van der Waals surface area contributed by atoms with Crippen LogP contribution in [0.25, 0.3) is 33.7 Å². The number of nitrogens with zero attached hydrogens (tertiary/aromatic N) is 2. The summed E-state index contributed by atoms with van der Waals surface area (Å²) in [7, 11) is 0. The van der Waals surface area contributed by atoms with Crippen LogP contribution in [0.4, 0.5) is 0 Å². The number of benzene rings is 2. The van der Waals surface area contributed by atoms with Crippen LogP contribution in [0.3, 0.4) is 0 Å². The SMILES string of the molecule is OCCc1cccc(-c2cnc3nc(-c4ccccc4)[nH]c3c2)c1. The third-order valence-corrected chi connectivity index (χ3v) is 4.05. The maximum Gasteiger partial charge on any atom is 0.178 e. The second-order valence-electron chi connectivity index (χ2n) is 5.72. The second kappa shape index (κ2) is 6.26. The van der Waals surface area contributed by atoms with E-state index in [-0.39, 0.29) is 6.61 Å². The van der Waals surface area contributed by atoms with Gasteiger partial charge in [0, 0.05) is 23.9 Å². The molecular weight excluding hydrogens is 298 g/mol. The predicted molar refractivity (Wildman–Crippen MR) is 95.6 cm³/mol. The van der Waals surface area contributed by atoms with E-state index in [0.717, 1.165) is 33.6 Å². The number of rotatable bonds is 4. The smallest absolute Gasteiger partial charge is 0.178 e. The summed E-state index contributed by atoms with van der Waals surface area (Å²) in [6, 6.07) is 20.3. The van der Waals surface area contributed by atoms with Gasteiger partial charge in [-0.1, -0.05) is 54.6 Å². The summed E-state index contributed by atoms with van der Waals surface area (Å²) in [5.41, 5.74) is 5.91. The fourth-order valence-corrected chi connectivity index (χ4v) is 2.83. The maximum atomic E-state index is 9.11. The van der Waals surface area contributed by atoms with Crippen molar-refractivity contribution < 1.29 is 5.11 Å². The summed E-state index contributed by atoms with van der Waals surface area (Å²) in [6.07, 6.45) is 2.50. The highest BCUT2D eigenvalue weighted by Gasteiger charge is 2.08. The standard InChI is InChI=1S/C20H17N3O/c24-10-9-14-5-4-8-16(11-14)17-12-18-20(21-13-17)23-19(22-18)15-6-2-1-3-7-15/h1-8,11-13,24H,9-10H2,(H,21,22,23). The lowest BCUT2D eigenvalue weighted by molar-refractivity contribution is 0.299. The van der Waals surface area contributed by atoms with Crippen molar-refractivity contribution in [2.45, 2.75) is 6.42 Å². The molecule has 0 fully saturated rings. The maximum absolute atomic E-state index is 9.11. The number of imidazole rings is 1. The van der Waals surface area contributed by atoms with Crippen molar-refractivity contribution in [3.05, 3.63) is 72.4 Å². The van der Waals surface area contributed by atoms with Crippen molar-refractivity contribution in [1.82, 2.24) is 15.0 Å². The van der Waals surface area contributed by atoms with Gasteiger partial charge in [-0.2, -0.15) is 0 Å². The summed E-state index contributed by atoms with van der Waals surface area (Å²) >= 11 is 0. The van der Waals surface area contributed by atoms with Crippen LogP contribution in [0.5, 0.6) is 0 Å². The van der Waals surface area contributed by atoms with Gasteiger partial charge in [-0.05, 0) is 23.6 Å². The lowest BCUT2D eigenvalue weighted by atomic mass is 10.0. The number of aromatic nitrogens is 3. The Hall–Kier alpha value is -2.98. The highest BCUT2D eigenvalue weighted by atomic mass is 16.2. The molecule has 4 rings (SSSR count). The van der Waals surface area contributed by atoms with E-state index in [1.807, 2.05) is 48.7 Å². The highest BCUT2D eigenvalue weighted by molar-refractivity contribution is 5.81. The van der Waals surface area contributed by atoms with Crippen molar-refractivity contribution in [3.8, 4) is 22.5 Å². The van der Waals surface area contributed by atoms with Crippen LogP contribution >= 0.6 is 0 Å². The van der Waals surface area contributed by atoms with Gasteiger partial charge in [0.05, 0.1) is 5.52 Å². The molecule has 2 N–H and O–H groups in total. The largest absolute Gasteiger partial charge is 0.396 e. The summed E-state index contributed by atoms with van der Waals surface area (Å²) < 4.78 is 0. The Morgan fingerprint density at radius 3 is 2.54 bits per heavy atom. The van der Waals surface area contributed by atoms with E-state index in [1.54, 1.807) is 0 Å². The van der Waals surface area contributed by atoms with Crippen molar-refractivity contribution >= 4 is 11.2 Å². The molecule has 0 unspecified atom stereocenters. The zero-order valence-corrected chi connectivity index (χ0v) is 13.1. The summed E-state index contributed by atoms with van der Waals surface area (Å²) in [5.74, 6) is 0.823. The summed E-state index contributed by atoms with van der Waals surface area (Å²) in [5, 5.41) is 9.11. The van der Waals surface area contributed by atoms with Gasteiger partial charge in [-0.25, -0.2) is 9.97 Å². The first-order valence-corrected chi connectivity index (χ1v) is 7.95. The van der Waals surface area contributed by atoms with Gasteiger partial charge in [0.25, 0.3) is 0 Å². The first-order valence-electron chi connectivity index (χ1n) is 7.95. The van der Waals surface area contributed by atoms with Crippen LogP contribution in [0.15, 0.2) is 66.9 Å². The number of fused-ring (bicyclic) bond motifs is 1. The number of hydrogen-bond acceptors (Lipinski definition) is 3. The number of nitrogens with one attached hydrogen (secondary N) is 1. The van der Waals surface area contributed by atoms with Gasteiger partial charge in [0.1, 0.15) is 5.82 Å². The van der Waals surface area contributed by atoms with E-state index in [1.165, 1.54) is 0 Å². The lowest BCUT2D eigenvalue weighted by Gasteiger charge is -2.04. The molecule has 0 spiro atoms. The molecule has 0 aliphatic rings. The van der Waals surface area contributed by atoms with Crippen molar-refractivity contribution in [1.29, 1.82) is 0 Å². The van der Waals surface area contributed by atoms with Gasteiger partial charge >= 0.3 is 0 Å². The Balaban J connectivity index is 1.74. The van der Waals surface area contributed by atoms with Crippen molar-refractivity contribution in [2.75, 3.05) is 6.61 Å². The Labute approximate surface area is 139 Å². The highest BCUT2D eigenvalue weighted by Crippen LogP contribution is 2.25. The summed E-state index contributed by atoms with van der Waals surface area (Å²) in [6.45, 7) is 0.154. The third-order valence-electron chi connectivity index (χ3n) is 4.05. The molecule has 0 saturated heterocycles. The number of aliphatic hydroxyl groups excluding tert-OH is 1. The minimum Gasteiger partial charge on any atom is -0.396 e. The molecule has 2 aromatic carbocycles. The normalized spacial score (nSPS) is 11.0. The quantitative estimate of drug-likeness (QED) is 0.602. The molecule has 4 nitrogen and oxygen atoms in total. The average Bonchev–Trinajstić information content (AvgIpc) is 3.06. The Morgan fingerprint density at radius 1 is 0.875 bits per heavy atom. The van der Waals surface area contributed by atoms with Crippen LogP contribution in [0.2, 0.25) is 0 Å². The molecular formula is C20H17N3O. The molecule has 0 atom stereocenters. The van der Waals surface area contributed by atoms with E-state index < -0.39 is 0 Å². The molecule has 0 bridgehead atoms. The van der Waals surface area contributed by atoms with E-state index in [4.69, 9.17) is 5.11 Å². The van der Waals surface area contributed by atoms with Crippen molar-refractivity contribution in [2.24, 2.45) is 0 Å². The molecule has 24 heavy (non-hydrogen) atoms. The molecule has 2 aromatic heterocycles. The molecule has 0 aliphatic carbocycles. The van der Waals surface area contributed by atoms with Crippen LogP contribution in [-0.2, 0) is 6.42 Å². The van der Waals surface area contributed by atoms with Gasteiger partial charge in [-0.15, -0.1) is 0 Å². The van der Waals surface area contributed by atoms with Gasteiger partial charge < -0.3 is 10.1 Å². The minimum atomic E-state index is 0.154. The molecule has 0 aliphatic heterocycles. The van der Waals surface area contributed by atoms with Gasteiger partial charge in [0.2, 0.25) is 0 Å². The van der Waals surface area contributed by atoms with Gasteiger partial charge in [-0.3, -0.25) is 0 Å². The average molecular weight is 315 g/mol. The second-order valence-corrected chi connectivity index (χ2v) is 5.72. The van der Waals surface area contributed by atoms with Crippen LogP contribution in [0.1, 0.15) is 5.56 Å². The minimum absolute atomic E-state index is 0.154. The van der Waals surface area contributed by atoms with Crippen molar-refractivity contribution in [3.63, 3.8) is 0 Å². The Kier molecular flexibility index (Phi) is 3.81. The fraction of sp³-hybridized carbons (Fsp3) is 0.100.